The largest absolute Gasteiger partial charge is 0.487 e. The zero-order valence-electron chi connectivity index (χ0n) is 25.5. The number of hydrogen-bond acceptors (Lipinski definition) is 6. The summed E-state index contributed by atoms with van der Waals surface area (Å²) >= 11 is 0. The van der Waals surface area contributed by atoms with Crippen molar-refractivity contribution in [3.63, 3.8) is 0 Å². The van der Waals surface area contributed by atoms with Crippen LogP contribution < -0.4 is 4.74 Å². The van der Waals surface area contributed by atoms with E-state index in [4.69, 9.17) is 4.74 Å². The van der Waals surface area contributed by atoms with E-state index < -0.39 is 17.2 Å². The van der Waals surface area contributed by atoms with Crippen LogP contribution in [0.3, 0.4) is 0 Å². The third kappa shape index (κ3) is 6.51. The maximum atomic E-state index is 13.8. The molecule has 44 heavy (non-hydrogen) atoms. The van der Waals surface area contributed by atoms with Crippen molar-refractivity contribution in [2.24, 2.45) is 11.3 Å². The lowest BCUT2D eigenvalue weighted by molar-refractivity contribution is -0.146. The highest BCUT2D eigenvalue weighted by atomic mass is 19.1. The first-order valence-corrected chi connectivity index (χ1v) is 14.5. The first kappa shape index (κ1) is 30.5. The number of aliphatic carboxylic acids is 1. The van der Waals surface area contributed by atoms with Crippen LogP contribution in [-0.2, 0) is 24.4 Å². The Morgan fingerprint density at radius 2 is 1.73 bits per heavy atom. The number of aromatic nitrogens is 4. The number of ketones is 1. The number of aryl methyl sites for hydroxylation is 1. The number of pyridine rings is 1. The van der Waals surface area contributed by atoms with Gasteiger partial charge in [0.05, 0.1) is 34.9 Å². The fourth-order valence-corrected chi connectivity index (χ4v) is 5.06. The monoisotopic (exact) mass is 594 g/mol. The Morgan fingerprint density at radius 1 is 0.977 bits per heavy atom. The number of benzene rings is 2. The number of carboxylic acid groups (broad SMARTS) is 1. The van der Waals surface area contributed by atoms with Gasteiger partial charge in [0.1, 0.15) is 18.2 Å². The molecule has 0 aliphatic rings. The molecule has 1 N–H and O–H groups in total. The van der Waals surface area contributed by atoms with Gasteiger partial charge < -0.3 is 14.4 Å². The van der Waals surface area contributed by atoms with Crippen molar-refractivity contribution in [2.45, 2.75) is 54.2 Å². The van der Waals surface area contributed by atoms with Crippen LogP contribution in [0.4, 0.5) is 4.39 Å². The lowest BCUT2D eigenvalue weighted by Gasteiger charge is -2.22. The number of hydrogen-bond donors (Lipinski definition) is 1. The number of carboxylic acids is 1. The SMILES string of the molecule is Cc1cnc(COc2ccc3c(c2)c(C(=O)C(C)C)c(CC(C)(C)C(=O)O)n3Cc2ccc(-c3ccc(F)cn3)cc2)cn1. The average molecular weight is 595 g/mol. The van der Waals surface area contributed by atoms with Gasteiger partial charge in [0, 0.05) is 52.8 Å². The van der Waals surface area contributed by atoms with E-state index in [9.17, 15) is 19.1 Å². The molecular weight excluding hydrogens is 559 g/mol. The molecule has 226 valence electrons. The number of fused-ring (bicyclic) bond motifs is 1. The van der Waals surface area contributed by atoms with Crippen molar-refractivity contribution in [3.8, 4) is 17.0 Å². The van der Waals surface area contributed by atoms with Crippen LogP contribution in [0, 0.1) is 24.1 Å². The number of Topliss-reactive ketones (excluding diaryl/α,β-unsaturated/α-hetero) is 1. The molecule has 5 aromatic rings. The quantitative estimate of drug-likeness (QED) is 0.163. The highest BCUT2D eigenvalue weighted by Crippen LogP contribution is 2.36. The molecule has 0 unspecified atom stereocenters. The van der Waals surface area contributed by atoms with E-state index in [2.05, 4.69) is 15.0 Å². The summed E-state index contributed by atoms with van der Waals surface area (Å²) in [5, 5.41) is 10.7. The van der Waals surface area contributed by atoms with Crippen LogP contribution in [0.1, 0.15) is 60.7 Å². The van der Waals surface area contributed by atoms with Crippen molar-refractivity contribution in [2.75, 3.05) is 0 Å². The number of carbonyl (C=O) groups excluding carboxylic acids is 1. The Bertz CT molecular complexity index is 1810. The fraction of sp³-hybridized carbons (Fsp3) is 0.286. The minimum absolute atomic E-state index is 0.0655. The van der Waals surface area contributed by atoms with E-state index in [0.717, 1.165) is 22.3 Å². The van der Waals surface area contributed by atoms with E-state index in [1.165, 1.54) is 12.3 Å². The molecule has 5 rings (SSSR count). The van der Waals surface area contributed by atoms with E-state index in [1.807, 2.05) is 67.8 Å². The molecule has 0 saturated heterocycles. The molecule has 0 spiro atoms. The summed E-state index contributed by atoms with van der Waals surface area (Å²) < 4.78 is 21.5. The molecule has 3 aromatic heterocycles. The molecule has 8 nitrogen and oxygen atoms in total. The van der Waals surface area contributed by atoms with Crippen LogP contribution in [-0.4, -0.2) is 36.4 Å². The van der Waals surface area contributed by atoms with Gasteiger partial charge in [0.25, 0.3) is 0 Å². The number of halogens is 1. The van der Waals surface area contributed by atoms with Gasteiger partial charge in [0.15, 0.2) is 5.78 Å². The third-order valence-electron chi connectivity index (χ3n) is 7.64. The Kier molecular flexibility index (Phi) is 8.58. The van der Waals surface area contributed by atoms with Crippen molar-refractivity contribution >= 4 is 22.7 Å². The molecule has 2 aromatic carbocycles. The maximum Gasteiger partial charge on any atom is 0.309 e. The van der Waals surface area contributed by atoms with Gasteiger partial charge >= 0.3 is 5.97 Å². The number of carbonyl (C=O) groups is 2. The Morgan fingerprint density at radius 3 is 2.34 bits per heavy atom. The smallest absolute Gasteiger partial charge is 0.309 e. The molecule has 0 atom stereocenters. The highest BCUT2D eigenvalue weighted by molar-refractivity contribution is 6.10. The van der Waals surface area contributed by atoms with Gasteiger partial charge in [-0.15, -0.1) is 0 Å². The van der Waals surface area contributed by atoms with E-state index in [0.29, 0.717) is 40.3 Å². The molecule has 0 fully saturated rings. The van der Waals surface area contributed by atoms with Gasteiger partial charge in [-0.2, -0.15) is 0 Å². The van der Waals surface area contributed by atoms with E-state index in [-0.39, 0.29) is 24.7 Å². The van der Waals surface area contributed by atoms with Gasteiger partial charge in [-0.05, 0) is 56.7 Å². The molecule has 9 heteroatoms. The van der Waals surface area contributed by atoms with Crippen LogP contribution in [0.25, 0.3) is 22.2 Å². The summed E-state index contributed by atoms with van der Waals surface area (Å²) in [5.41, 5.74) is 4.78. The Hall–Kier alpha value is -4.92. The molecule has 0 aliphatic heterocycles. The van der Waals surface area contributed by atoms with Crippen LogP contribution in [0.2, 0.25) is 0 Å². The molecule has 0 saturated carbocycles. The second kappa shape index (κ2) is 12.4. The summed E-state index contributed by atoms with van der Waals surface area (Å²) in [5.74, 6) is -1.16. The highest BCUT2D eigenvalue weighted by Gasteiger charge is 2.33. The van der Waals surface area contributed by atoms with Crippen LogP contribution >= 0.6 is 0 Å². The summed E-state index contributed by atoms with van der Waals surface area (Å²) in [4.78, 5) is 38.8. The normalized spacial score (nSPS) is 11.7. The van der Waals surface area contributed by atoms with Crippen molar-refractivity contribution in [3.05, 3.63) is 107 Å². The second-order valence-corrected chi connectivity index (χ2v) is 12.0. The molecule has 0 bridgehead atoms. The molecule has 0 radical (unpaired) electrons. The molecule has 3 heterocycles. The minimum Gasteiger partial charge on any atom is -0.487 e. The lowest BCUT2D eigenvalue weighted by Crippen LogP contribution is -2.28. The zero-order valence-corrected chi connectivity index (χ0v) is 25.5. The van der Waals surface area contributed by atoms with E-state index in [1.54, 1.807) is 32.3 Å². The summed E-state index contributed by atoms with van der Waals surface area (Å²) in [6.45, 7) is 9.51. The van der Waals surface area contributed by atoms with Gasteiger partial charge in [-0.3, -0.25) is 24.5 Å². The first-order chi connectivity index (χ1) is 20.9. The third-order valence-corrected chi connectivity index (χ3v) is 7.64. The fourth-order valence-electron chi connectivity index (χ4n) is 5.06. The minimum atomic E-state index is -1.13. The summed E-state index contributed by atoms with van der Waals surface area (Å²) in [6, 6.07) is 16.4. The predicted octanol–water partition coefficient (Wildman–Crippen LogP) is 7.06. The van der Waals surface area contributed by atoms with Crippen molar-refractivity contribution < 1.29 is 23.8 Å². The van der Waals surface area contributed by atoms with Gasteiger partial charge in [-0.1, -0.05) is 38.1 Å². The summed E-state index contributed by atoms with van der Waals surface area (Å²) in [6.07, 6.45) is 4.69. The average Bonchev–Trinajstić information content (AvgIpc) is 3.28. The van der Waals surface area contributed by atoms with Crippen molar-refractivity contribution in [1.29, 1.82) is 0 Å². The first-order valence-electron chi connectivity index (χ1n) is 14.5. The number of ether oxygens (including phenoxy) is 1. The standard InChI is InChI=1S/C35H35FN4O4/c1-21(2)33(41)32-28-14-27(44-20-26-18-37-22(3)16-38-26)11-13-30(28)40(31(32)15-35(4,5)34(42)43)19-23-6-8-24(9-7-23)29-12-10-25(36)17-39-29/h6-14,16-18,21H,15,19-20H2,1-5H3,(H,42,43). The topological polar surface area (TPSA) is 107 Å². The molecular formula is C35H35FN4O4. The second-order valence-electron chi connectivity index (χ2n) is 12.0. The Labute approximate surface area is 255 Å². The van der Waals surface area contributed by atoms with Crippen LogP contribution in [0.5, 0.6) is 5.75 Å². The molecule has 0 amide bonds. The van der Waals surface area contributed by atoms with Gasteiger partial charge in [-0.25, -0.2) is 4.39 Å². The lowest BCUT2D eigenvalue weighted by atomic mass is 9.85. The van der Waals surface area contributed by atoms with Gasteiger partial charge in [0.2, 0.25) is 0 Å². The maximum absolute atomic E-state index is 13.8. The predicted molar refractivity (Wildman–Crippen MR) is 166 cm³/mol. The Balaban J connectivity index is 1.59. The number of rotatable bonds is 11. The molecule has 0 aliphatic carbocycles. The number of nitrogens with zero attached hydrogens (tertiary/aromatic N) is 4. The zero-order chi connectivity index (χ0) is 31.6. The van der Waals surface area contributed by atoms with E-state index >= 15 is 0 Å². The van der Waals surface area contributed by atoms with Crippen molar-refractivity contribution in [1.82, 2.24) is 19.5 Å². The summed E-state index contributed by atoms with van der Waals surface area (Å²) in [7, 11) is 0. The van der Waals surface area contributed by atoms with Crippen LogP contribution in [0.15, 0.2) is 73.2 Å².